The Labute approximate surface area is 291 Å². The second-order valence-corrected chi connectivity index (χ2v) is 12.9. The highest BCUT2D eigenvalue weighted by Crippen LogP contribution is 2.40. The van der Waals surface area contributed by atoms with Gasteiger partial charge in [0.05, 0.1) is 42.2 Å². The molecular formula is C34H38ClF4N3O8. The van der Waals surface area contributed by atoms with Gasteiger partial charge < -0.3 is 34.7 Å². The average Bonchev–Trinajstić information content (AvgIpc) is 3.01. The number of esters is 1. The van der Waals surface area contributed by atoms with Crippen LogP contribution in [0.4, 0.5) is 22.4 Å². The summed E-state index contributed by atoms with van der Waals surface area (Å²) in [6.07, 6.45) is -6.28. The van der Waals surface area contributed by atoms with E-state index < -0.39 is 65.5 Å². The molecule has 0 bridgehead atoms. The van der Waals surface area contributed by atoms with Crippen LogP contribution in [0.1, 0.15) is 63.2 Å². The number of benzene rings is 2. The van der Waals surface area contributed by atoms with Crippen LogP contribution in [0.2, 0.25) is 5.02 Å². The Morgan fingerprint density at radius 2 is 1.64 bits per heavy atom. The van der Waals surface area contributed by atoms with Crippen LogP contribution in [-0.2, 0) is 25.4 Å². The van der Waals surface area contributed by atoms with E-state index in [0.717, 1.165) is 18.2 Å². The van der Waals surface area contributed by atoms with Crippen LogP contribution in [0.25, 0.3) is 11.3 Å². The number of pyridine rings is 1. The molecule has 2 aromatic carbocycles. The third-order valence-corrected chi connectivity index (χ3v) is 7.34. The number of hydrogen-bond donors (Lipinski definition) is 3. The zero-order valence-corrected chi connectivity index (χ0v) is 29.1. The molecule has 0 saturated carbocycles. The minimum Gasteiger partial charge on any atom is -0.493 e. The molecule has 0 saturated heterocycles. The number of carbonyl (C=O) groups is 3. The molecule has 2 amide bonds. The van der Waals surface area contributed by atoms with Crippen molar-refractivity contribution in [2.24, 2.45) is 0 Å². The normalized spacial score (nSPS) is 13.1. The lowest BCUT2D eigenvalue weighted by atomic mass is 9.88. The van der Waals surface area contributed by atoms with Crippen molar-refractivity contribution in [3.05, 3.63) is 76.2 Å². The number of aromatic nitrogens is 1. The average molecular weight is 728 g/mol. The molecule has 3 N–H and O–H groups in total. The highest BCUT2D eigenvalue weighted by atomic mass is 35.5. The summed E-state index contributed by atoms with van der Waals surface area (Å²) in [6, 6.07) is 9.30. The summed E-state index contributed by atoms with van der Waals surface area (Å²) in [4.78, 5) is 41.5. The van der Waals surface area contributed by atoms with Crippen molar-refractivity contribution in [2.45, 2.75) is 64.5 Å². The van der Waals surface area contributed by atoms with E-state index in [4.69, 9.17) is 30.5 Å². The van der Waals surface area contributed by atoms with E-state index in [1.807, 2.05) is 0 Å². The monoisotopic (exact) mass is 727 g/mol. The van der Waals surface area contributed by atoms with Crippen molar-refractivity contribution >= 4 is 29.6 Å². The summed E-state index contributed by atoms with van der Waals surface area (Å²) in [5.41, 5.74) is -7.23. The molecule has 0 aliphatic carbocycles. The Balaban J connectivity index is 2.04. The minimum atomic E-state index is -5.41. The van der Waals surface area contributed by atoms with Crippen molar-refractivity contribution in [2.75, 3.05) is 26.9 Å². The maximum atomic E-state index is 14.8. The Morgan fingerprint density at radius 3 is 2.22 bits per heavy atom. The smallest absolute Gasteiger partial charge is 0.424 e. The molecule has 1 atom stereocenters. The summed E-state index contributed by atoms with van der Waals surface area (Å²) >= 11 is 5.95. The van der Waals surface area contributed by atoms with Gasteiger partial charge in [-0.05, 0) is 95.6 Å². The first kappa shape index (κ1) is 39.8. The maximum absolute atomic E-state index is 14.8. The van der Waals surface area contributed by atoms with Gasteiger partial charge in [-0.25, -0.2) is 19.0 Å². The third-order valence-electron chi connectivity index (χ3n) is 7.05. The standard InChI is InChI=1S/C34H38ClF4N3O8/c1-8-48-28(43)17-49-25-12-10-20(14-26(25)47-7)29(44)40-18-33(46,34(37,38)39)27-16-21(32(5,6)42-30(45)50-31(2,3)4)15-24(41-27)19-9-11-23(36)22(35)13-19/h9-16,46H,8,17-18H2,1-7H3,(H,40,44)(H,42,45). The van der Waals surface area contributed by atoms with Gasteiger partial charge in [-0.3, -0.25) is 4.79 Å². The van der Waals surface area contributed by atoms with Crippen molar-refractivity contribution < 1.29 is 56.0 Å². The van der Waals surface area contributed by atoms with Crippen LogP contribution in [-0.4, -0.2) is 66.7 Å². The molecule has 0 radical (unpaired) electrons. The van der Waals surface area contributed by atoms with Crippen LogP contribution < -0.4 is 20.1 Å². The fourth-order valence-corrected chi connectivity index (χ4v) is 4.63. The SMILES string of the molecule is CCOC(=O)COc1ccc(C(=O)NCC(O)(c2cc(C(C)(C)NC(=O)OC(C)(C)C)cc(-c3ccc(F)c(Cl)c3)n2)C(F)(F)F)cc1OC. The number of methoxy groups -OCH3 is 1. The lowest BCUT2D eigenvalue weighted by Gasteiger charge is -2.33. The molecule has 0 aliphatic rings. The van der Waals surface area contributed by atoms with Gasteiger partial charge in [0.25, 0.3) is 5.91 Å². The zero-order chi connectivity index (χ0) is 37.7. The van der Waals surface area contributed by atoms with Crippen LogP contribution in [0.5, 0.6) is 11.5 Å². The van der Waals surface area contributed by atoms with Gasteiger partial charge in [0.2, 0.25) is 5.60 Å². The summed E-state index contributed by atoms with van der Waals surface area (Å²) in [5.74, 6) is -2.43. The molecule has 272 valence electrons. The molecule has 3 rings (SSSR count). The lowest BCUT2D eigenvalue weighted by molar-refractivity contribution is -0.265. The minimum absolute atomic E-state index is 0.00952. The third kappa shape index (κ3) is 9.97. The molecule has 3 aromatic rings. The second kappa shape index (κ2) is 15.5. The van der Waals surface area contributed by atoms with Gasteiger partial charge in [-0.15, -0.1) is 0 Å². The topological polar surface area (TPSA) is 145 Å². The van der Waals surface area contributed by atoms with E-state index >= 15 is 0 Å². The molecule has 1 unspecified atom stereocenters. The molecule has 1 aromatic heterocycles. The Bertz CT molecular complexity index is 1730. The highest BCUT2D eigenvalue weighted by molar-refractivity contribution is 6.31. The molecule has 0 aliphatic heterocycles. The quantitative estimate of drug-likeness (QED) is 0.142. The second-order valence-electron chi connectivity index (χ2n) is 12.5. The fraction of sp³-hybridized carbons (Fsp3) is 0.412. The maximum Gasteiger partial charge on any atom is 0.424 e. The van der Waals surface area contributed by atoms with E-state index in [9.17, 15) is 37.1 Å². The van der Waals surface area contributed by atoms with Gasteiger partial charge in [0.15, 0.2) is 18.1 Å². The number of ether oxygens (including phenoxy) is 4. The fourth-order valence-electron chi connectivity index (χ4n) is 4.45. The number of nitrogens with one attached hydrogen (secondary N) is 2. The van der Waals surface area contributed by atoms with E-state index in [-0.39, 0.29) is 45.5 Å². The Morgan fingerprint density at radius 1 is 0.960 bits per heavy atom. The first-order valence-electron chi connectivity index (χ1n) is 15.1. The number of carbonyl (C=O) groups excluding carboxylic acids is 3. The van der Waals surface area contributed by atoms with Crippen LogP contribution in [0, 0.1) is 5.82 Å². The number of alkyl halides is 3. The van der Waals surface area contributed by atoms with Crippen molar-refractivity contribution in [3.8, 4) is 22.8 Å². The van der Waals surface area contributed by atoms with Crippen molar-refractivity contribution in [1.82, 2.24) is 15.6 Å². The van der Waals surface area contributed by atoms with Crippen LogP contribution in [0.3, 0.4) is 0 Å². The van der Waals surface area contributed by atoms with E-state index in [1.54, 1.807) is 27.7 Å². The number of rotatable bonds is 12. The molecule has 1 heterocycles. The predicted molar refractivity (Wildman–Crippen MR) is 174 cm³/mol. The number of alkyl carbamates (subject to hydrolysis) is 1. The predicted octanol–water partition coefficient (Wildman–Crippen LogP) is 6.43. The largest absolute Gasteiger partial charge is 0.493 e. The van der Waals surface area contributed by atoms with Gasteiger partial charge in [-0.2, -0.15) is 13.2 Å². The van der Waals surface area contributed by atoms with E-state index in [2.05, 4.69) is 15.6 Å². The number of amides is 2. The summed E-state index contributed by atoms with van der Waals surface area (Å²) in [5, 5.41) is 15.7. The molecule has 0 fully saturated rings. The number of hydrogen-bond acceptors (Lipinski definition) is 9. The van der Waals surface area contributed by atoms with Gasteiger partial charge >= 0.3 is 18.2 Å². The van der Waals surface area contributed by atoms with Gasteiger partial charge in [-0.1, -0.05) is 11.6 Å². The first-order chi connectivity index (χ1) is 23.1. The number of halogens is 5. The molecular weight excluding hydrogens is 690 g/mol. The van der Waals surface area contributed by atoms with Gasteiger partial charge in [0.1, 0.15) is 11.4 Å². The summed E-state index contributed by atoms with van der Waals surface area (Å²) in [7, 11) is 1.25. The number of aliphatic hydroxyl groups is 1. The van der Waals surface area contributed by atoms with Crippen molar-refractivity contribution in [3.63, 3.8) is 0 Å². The van der Waals surface area contributed by atoms with E-state index in [0.29, 0.717) is 0 Å². The first-order valence-corrected chi connectivity index (χ1v) is 15.5. The summed E-state index contributed by atoms with van der Waals surface area (Å²) < 4.78 is 79.1. The highest BCUT2D eigenvalue weighted by Gasteiger charge is 2.56. The van der Waals surface area contributed by atoms with Crippen LogP contribution in [0.15, 0.2) is 48.5 Å². The van der Waals surface area contributed by atoms with Gasteiger partial charge in [0, 0.05) is 11.1 Å². The lowest BCUT2D eigenvalue weighted by Crippen LogP contribution is -2.52. The van der Waals surface area contributed by atoms with Crippen LogP contribution >= 0.6 is 11.6 Å². The molecule has 50 heavy (non-hydrogen) atoms. The Hall–Kier alpha value is -4.63. The molecule has 11 nitrogen and oxygen atoms in total. The molecule has 16 heteroatoms. The number of nitrogens with zero attached hydrogens (tertiary/aromatic N) is 1. The van der Waals surface area contributed by atoms with E-state index in [1.165, 1.54) is 51.3 Å². The zero-order valence-electron chi connectivity index (χ0n) is 28.4. The summed E-state index contributed by atoms with van der Waals surface area (Å²) in [6.45, 7) is 7.73. The van der Waals surface area contributed by atoms with Crippen molar-refractivity contribution in [1.29, 1.82) is 0 Å². The molecule has 0 spiro atoms. The Kier molecular flexibility index (Phi) is 12.3.